The smallest absolute Gasteiger partial charge is 0.305 e. The molecule has 0 aliphatic heterocycles. The molecule has 1 aliphatic carbocycles. The van der Waals surface area contributed by atoms with Crippen molar-refractivity contribution in [3.05, 3.63) is 26.3 Å². The largest absolute Gasteiger partial charge is 0.307 e. The van der Waals surface area contributed by atoms with Crippen LogP contribution in [0.25, 0.3) is 6.08 Å². The van der Waals surface area contributed by atoms with E-state index < -0.39 is 0 Å². The first kappa shape index (κ1) is 6.85. The molecule has 0 spiro atoms. The Morgan fingerprint density at radius 1 is 1.64 bits per heavy atom. The predicted octanol–water partition coefficient (Wildman–Crippen LogP) is 1.41. The van der Waals surface area contributed by atoms with Crippen molar-refractivity contribution in [2.45, 2.75) is 12.8 Å². The number of hydrogen-bond acceptors (Lipinski definition) is 2. The van der Waals surface area contributed by atoms with Crippen LogP contribution in [0.15, 0.2) is 10.9 Å². The summed E-state index contributed by atoms with van der Waals surface area (Å²) in [4.78, 5) is 12.5. The number of nitrogens with zero attached hydrogens (tertiary/aromatic N) is 1. The molecule has 11 heavy (non-hydrogen) atoms. The Labute approximate surface area is 68.8 Å². The van der Waals surface area contributed by atoms with Crippen LogP contribution in [-0.2, 0) is 13.5 Å². The van der Waals surface area contributed by atoms with Gasteiger partial charge in [-0.05, 0) is 18.9 Å². The van der Waals surface area contributed by atoms with Crippen LogP contribution >= 0.6 is 11.3 Å². The summed E-state index contributed by atoms with van der Waals surface area (Å²) in [5.74, 6) is 0. The van der Waals surface area contributed by atoms with Gasteiger partial charge < -0.3 is 4.57 Å². The Balaban J connectivity index is 2.70. The predicted molar refractivity (Wildman–Crippen MR) is 46.9 cm³/mol. The summed E-state index contributed by atoms with van der Waals surface area (Å²) in [5.41, 5.74) is 1.20. The maximum absolute atomic E-state index is 11.2. The molecule has 0 saturated carbocycles. The monoisotopic (exact) mass is 167 g/mol. The van der Waals surface area contributed by atoms with Crippen molar-refractivity contribution in [2.75, 3.05) is 0 Å². The number of rotatable bonds is 0. The van der Waals surface area contributed by atoms with E-state index >= 15 is 0 Å². The topological polar surface area (TPSA) is 22.0 Å². The van der Waals surface area contributed by atoms with Gasteiger partial charge in [0.25, 0.3) is 0 Å². The normalized spacial score (nSPS) is 15.0. The van der Waals surface area contributed by atoms with Crippen LogP contribution in [0.2, 0.25) is 0 Å². The molecule has 3 heteroatoms. The molecule has 58 valence electrons. The highest BCUT2D eigenvalue weighted by molar-refractivity contribution is 7.10. The minimum atomic E-state index is 0.154. The van der Waals surface area contributed by atoms with Gasteiger partial charge in [-0.15, -0.1) is 0 Å². The first-order chi connectivity index (χ1) is 5.29. The van der Waals surface area contributed by atoms with Crippen LogP contribution < -0.4 is 4.87 Å². The maximum Gasteiger partial charge on any atom is 0.307 e. The van der Waals surface area contributed by atoms with E-state index in [9.17, 15) is 4.79 Å². The van der Waals surface area contributed by atoms with Crippen molar-refractivity contribution in [1.82, 2.24) is 4.57 Å². The SMILES string of the molecule is Cn1c2c(sc1=O)C=CCC2. The minimum Gasteiger partial charge on any atom is -0.305 e. The molecule has 0 fully saturated rings. The Morgan fingerprint density at radius 3 is 3.18 bits per heavy atom. The molecule has 2 nitrogen and oxygen atoms in total. The molecule has 0 N–H and O–H groups in total. The van der Waals surface area contributed by atoms with Crippen molar-refractivity contribution in [3.63, 3.8) is 0 Å². The molecule has 2 rings (SSSR count). The van der Waals surface area contributed by atoms with Gasteiger partial charge in [0, 0.05) is 12.7 Å². The Hall–Kier alpha value is -0.830. The van der Waals surface area contributed by atoms with E-state index in [2.05, 4.69) is 6.08 Å². The zero-order valence-corrected chi connectivity index (χ0v) is 7.15. The first-order valence-corrected chi connectivity index (χ1v) is 4.46. The third-order valence-electron chi connectivity index (χ3n) is 1.98. The summed E-state index contributed by atoms with van der Waals surface area (Å²) in [6.07, 6.45) is 6.25. The Morgan fingerprint density at radius 2 is 2.45 bits per heavy atom. The van der Waals surface area contributed by atoms with Crippen LogP contribution in [0, 0.1) is 0 Å². The molecule has 0 unspecified atom stereocenters. The van der Waals surface area contributed by atoms with E-state index in [4.69, 9.17) is 0 Å². The van der Waals surface area contributed by atoms with Crippen molar-refractivity contribution >= 4 is 17.4 Å². The zero-order valence-electron chi connectivity index (χ0n) is 6.33. The quantitative estimate of drug-likeness (QED) is 0.572. The lowest BCUT2D eigenvalue weighted by atomic mass is 10.1. The average Bonchev–Trinajstić information content (AvgIpc) is 2.30. The fourth-order valence-electron chi connectivity index (χ4n) is 1.33. The Kier molecular flexibility index (Phi) is 1.46. The summed E-state index contributed by atoms with van der Waals surface area (Å²) in [5, 5.41) is 0. The van der Waals surface area contributed by atoms with Gasteiger partial charge in [-0.2, -0.15) is 0 Å². The second kappa shape index (κ2) is 2.34. The standard InChI is InChI=1S/C8H9NOS/c1-9-6-4-2-3-5-7(6)11-8(9)10/h3,5H,2,4H2,1H3. The van der Waals surface area contributed by atoms with Crippen LogP contribution in [0.1, 0.15) is 17.0 Å². The zero-order chi connectivity index (χ0) is 7.84. The highest BCUT2D eigenvalue weighted by Crippen LogP contribution is 2.20. The van der Waals surface area contributed by atoms with E-state index in [1.807, 2.05) is 13.1 Å². The molecule has 0 saturated heterocycles. The van der Waals surface area contributed by atoms with Crippen molar-refractivity contribution < 1.29 is 0 Å². The lowest BCUT2D eigenvalue weighted by molar-refractivity contribution is 0.784. The van der Waals surface area contributed by atoms with Crippen LogP contribution in [0.4, 0.5) is 0 Å². The second-order valence-corrected chi connectivity index (χ2v) is 3.67. The molecule has 0 bridgehead atoms. The van der Waals surface area contributed by atoms with Crippen molar-refractivity contribution in [3.8, 4) is 0 Å². The molecule has 0 atom stereocenters. The summed E-state index contributed by atoms with van der Waals surface area (Å²) >= 11 is 1.34. The van der Waals surface area contributed by atoms with Gasteiger partial charge >= 0.3 is 4.87 Å². The fraction of sp³-hybridized carbons (Fsp3) is 0.375. The fourth-order valence-corrected chi connectivity index (χ4v) is 2.28. The highest BCUT2D eigenvalue weighted by atomic mass is 32.1. The third-order valence-corrected chi connectivity index (χ3v) is 3.02. The molecule has 1 aromatic heterocycles. The van der Waals surface area contributed by atoms with Gasteiger partial charge in [0.2, 0.25) is 0 Å². The van der Waals surface area contributed by atoms with Crippen LogP contribution in [-0.4, -0.2) is 4.57 Å². The van der Waals surface area contributed by atoms with E-state index in [1.54, 1.807) is 4.57 Å². The van der Waals surface area contributed by atoms with Crippen molar-refractivity contribution in [1.29, 1.82) is 0 Å². The van der Waals surface area contributed by atoms with Gasteiger partial charge in [0.15, 0.2) is 0 Å². The van der Waals surface area contributed by atoms with E-state index in [-0.39, 0.29) is 4.87 Å². The molecular formula is C8H9NOS. The van der Waals surface area contributed by atoms with Crippen LogP contribution in [0.5, 0.6) is 0 Å². The van der Waals surface area contributed by atoms with E-state index in [1.165, 1.54) is 17.0 Å². The average molecular weight is 167 g/mol. The highest BCUT2D eigenvalue weighted by Gasteiger charge is 2.11. The number of thiazole rings is 1. The van der Waals surface area contributed by atoms with Gasteiger partial charge in [-0.25, -0.2) is 0 Å². The van der Waals surface area contributed by atoms with Crippen molar-refractivity contribution in [2.24, 2.45) is 7.05 Å². The lowest BCUT2D eigenvalue weighted by Gasteiger charge is -2.04. The molecule has 0 aromatic carbocycles. The molecule has 0 radical (unpaired) electrons. The minimum absolute atomic E-state index is 0.154. The van der Waals surface area contributed by atoms with Gasteiger partial charge in [0.05, 0.1) is 4.88 Å². The number of fused-ring (bicyclic) bond motifs is 1. The summed E-state index contributed by atoms with van der Waals surface area (Å²) in [6.45, 7) is 0. The second-order valence-electron chi connectivity index (χ2n) is 2.68. The lowest BCUT2D eigenvalue weighted by Crippen LogP contribution is -2.11. The van der Waals surface area contributed by atoms with Crippen LogP contribution in [0.3, 0.4) is 0 Å². The first-order valence-electron chi connectivity index (χ1n) is 3.64. The van der Waals surface area contributed by atoms with Gasteiger partial charge in [-0.1, -0.05) is 17.4 Å². The number of hydrogen-bond donors (Lipinski definition) is 0. The maximum atomic E-state index is 11.2. The van der Waals surface area contributed by atoms with Gasteiger partial charge in [-0.3, -0.25) is 4.79 Å². The van der Waals surface area contributed by atoms with Gasteiger partial charge in [0.1, 0.15) is 0 Å². The third kappa shape index (κ3) is 0.959. The summed E-state index contributed by atoms with van der Waals surface area (Å²) < 4.78 is 1.75. The van der Waals surface area contributed by atoms with E-state index in [0.717, 1.165) is 17.7 Å². The number of aromatic nitrogens is 1. The molecular weight excluding hydrogens is 158 g/mol. The van der Waals surface area contributed by atoms with E-state index in [0.29, 0.717) is 0 Å². The molecule has 1 aliphatic rings. The molecule has 0 amide bonds. The molecule has 1 aromatic rings. The molecule has 1 heterocycles. The number of allylic oxidation sites excluding steroid dienone is 1. The summed E-state index contributed by atoms with van der Waals surface area (Å²) in [7, 11) is 1.84. The summed E-state index contributed by atoms with van der Waals surface area (Å²) in [6, 6.07) is 0. The Bertz CT molecular complexity index is 359.